The lowest BCUT2D eigenvalue weighted by Crippen LogP contribution is -2.58. The number of carboxylic acid groups (broad SMARTS) is 1. The van der Waals surface area contributed by atoms with Crippen LogP contribution < -0.4 is 10.1 Å². The van der Waals surface area contributed by atoms with Crippen LogP contribution in [-0.2, 0) is 9.59 Å². The number of benzene rings is 1. The molecule has 1 aliphatic carbocycles. The molecule has 3 fully saturated rings. The number of likely N-dealkylation sites (tertiary alicyclic amines) is 1. The van der Waals surface area contributed by atoms with E-state index in [9.17, 15) is 14.7 Å². The molecule has 3 aliphatic rings. The summed E-state index contributed by atoms with van der Waals surface area (Å²) in [5.41, 5.74) is 1.39. The maximum atomic E-state index is 13.1. The van der Waals surface area contributed by atoms with Crippen LogP contribution in [0.25, 0.3) is 0 Å². The van der Waals surface area contributed by atoms with Crippen LogP contribution in [0.15, 0.2) is 24.3 Å². The van der Waals surface area contributed by atoms with E-state index in [1.165, 1.54) is 5.56 Å². The Hall–Kier alpha value is -2.08. The van der Waals surface area contributed by atoms with Crippen LogP contribution in [0.4, 0.5) is 0 Å². The highest BCUT2D eigenvalue weighted by atomic mass is 16.5. The van der Waals surface area contributed by atoms with Crippen LogP contribution in [0, 0.1) is 11.3 Å². The van der Waals surface area contributed by atoms with Gasteiger partial charge in [0.2, 0.25) is 5.91 Å². The smallest absolute Gasteiger partial charge is 0.308 e. The summed E-state index contributed by atoms with van der Waals surface area (Å²) in [7, 11) is 0. The van der Waals surface area contributed by atoms with Gasteiger partial charge in [0.05, 0.1) is 12.0 Å². The SMILES string of the molecule is CC(C)Oc1cccc(C2CCN(C(=O)C3NCC4(CC4)CC3C(=O)O)CC2)c1. The van der Waals surface area contributed by atoms with Gasteiger partial charge in [0, 0.05) is 19.6 Å². The molecular weight excluding hydrogens is 368 g/mol. The van der Waals surface area contributed by atoms with Crippen molar-refractivity contribution in [1.82, 2.24) is 10.2 Å². The van der Waals surface area contributed by atoms with Crippen molar-refractivity contribution in [2.75, 3.05) is 19.6 Å². The summed E-state index contributed by atoms with van der Waals surface area (Å²) in [6, 6.07) is 7.67. The molecule has 6 nitrogen and oxygen atoms in total. The molecule has 6 heteroatoms. The van der Waals surface area contributed by atoms with Crippen molar-refractivity contribution < 1.29 is 19.4 Å². The van der Waals surface area contributed by atoms with E-state index in [-0.39, 0.29) is 17.4 Å². The van der Waals surface area contributed by atoms with Gasteiger partial charge in [-0.3, -0.25) is 9.59 Å². The molecule has 1 aromatic carbocycles. The molecule has 2 aliphatic heterocycles. The predicted molar refractivity (Wildman–Crippen MR) is 110 cm³/mol. The molecule has 1 saturated carbocycles. The first kappa shape index (κ1) is 20.2. The number of carbonyl (C=O) groups is 2. The molecule has 1 spiro atoms. The normalized spacial score (nSPS) is 26.5. The quantitative estimate of drug-likeness (QED) is 0.794. The fraction of sp³-hybridized carbons (Fsp3) is 0.652. The van der Waals surface area contributed by atoms with Crippen molar-refractivity contribution in [2.24, 2.45) is 11.3 Å². The number of aliphatic carboxylic acids is 1. The summed E-state index contributed by atoms with van der Waals surface area (Å²) in [5.74, 6) is -0.206. The second-order valence-electron chi connectivity index (χ2n) is 9.35. The number of carbonyl (C=O) groups excluding carboxylic acids is 1. The molecule has 158 valence electrons. The van der Waals surface area contributed by atoms with E-state index in [0.29, 0.717) is 25.4 Å². The molecule has 2 saturated heterocycles. The van der Waals surface area contributed by atoms with Gasteiger partial charge >= 0.3 is 5.97 Å². The minimum absolute atomic E-state index is 0.0387. The Bertz CT molecular complexity index is 766. The van der Waals surface area contributed by atoms with E-state index < -0.39 is 17.9 Å². The molecule has 2 N–H and O–H groups in total. The highest BCUT2D eigenvalue weighted by Gasteiger charge is 2.52. The first-order chi connectivity index (χ1) is 13.9. The van der Waals surface area contributed by atoms with Gasteiger partial charge in [0.15, 0.2) is 0 Å². The summed E-state index contributed by atoms with van der Waals surface area (Å²) < 4.78 is 5.81. The van der Waals surface area contributed by atoms with Crippen LogP contribution in [-0.4, -0.2) is 53.7 Å². The Morgan fingerprint density at radius 2 is 1.97 bits per heavy atom. The monoisotopic (exact) mass is 400 g/mol. The van der Waals surface area contributed by atoms with E-state index in [1.807, 2.05) is 30.9 Å². The van der Waals surface area contributed by atoms with Gasteiger partial charge in [-0.15, -0.1) is 0 Å². The second-order valence-corrected chi connectivity index (χ2v) is 9.35. The lowest BCUT2D eigenvalue weighted by molar-refractivity contribution is -0.151. The van der Waals surface area contributed by atoms with Crippen molar-refractivity contribution in [1.29, 1.82) is 0 Å². The zero-order valence-electron chi connectivity index (χ0n) is 17.4. The Morgan fingerprint density at radius 3 is 2.59 bits per heavy atom. The molecule has 1 amide bonds. The minimum Gasteiger partial charge on any atom is -0.491 e. The number of piperidine rings is 2. The van der Waals surface area contributed by atoms with Crippen LogP contribution >= 0.6 is 0 Å². The minimum atomic E-state index is -0.848. The molecule has 4 rings (SSSR count). The van der Waals surface area contributed by atoms with Crippen molar-refractivity contribution in [2.45, 2.75) is 64.0 Å². The standard InChI is InChI=1S/C23H32N2O4/c1-15(2)29-18-5-3-4-17(12-18)16-6-10-25(11-7-16)21(26)20-19(22(27)28)13-23(8-9-23)14-24-20/h3-5,12,15-16,19-20,24H,6-11,13-14H2,1-2H3,(H,27,28). The summed E-state index contributed by atoms with van der Waals surface area (Å²) >= 11 is 0. The van der Waals surface area contributed by atoms with Gasteiger partial charge in [-0.2, -0.15) is 0 Å². The third kappa shape index (κ3) is 4.42. The van der Waals surface area contributed by atoms with E-state index in [1.54, 1.807) is 0 Å². The van der Waals surface area contributed by atoms with E-state index in [0.717, 1.165) is 38.0 Å². The number of hydrogen-bond acceptors (Lipinski definition) is 4. The molecule has 0 bridgehead atoms. The zero-order valence-corrected chi connectivity index (χ0v) is 17.4. The molecule has 0 radical (unpaired) electrons. The average molecular weight is 401 g/mol. The lowest BCUT2D eigenvalue weighted by Gasteiger charge is -2.39. The van der Waals surface area contributed by atoms with Crippen molar-refractivity contribution in [3.8, 4) is 5.75 Å². The number of nitrogens with one attached hydrogen (secondary N) is 1. The number of nitrogens with zero attached hydrogens (tertiary/aromatic N) is 1. The van der Waals surface area contributed by atoms with Gasteiger partial charge in [-0.05, 0) is 75.0 Å². The molecule has 2 unspecified atom stereocenters. The fourth-order valence-electron chi connectivity index (χ4n) is 4.92. The summed E-state index contributed by atoms with van der Waals surface area (Å²) in [6.07, 6.45) is 4.72. The van der Waals surface area contributed by atoms with Gasteiger partial charge in [-0.25, -0.2) is 0 Å². The van der Waals surface area contributed by atoms with Crippen molar-refractivity contribution in [3.63, 3.8) is 0 Å². The van der Waals surface area contributed by atoms with Gasteiger partial charge < -0.3 is 20.1 Å². The van der Waals surface area contributed by atoms with Gasteiger partial charge in [0.1, 0.15) is 11.8 Å². The van der Waals surface area contributed by atoms with Crippen LogP contribution in [0.3, 0.4) is 0 Å². The highest BCUT2D eigenvalue weighted by Crippen LogP contribution is 2.52. The van der Waals surface area contributed by atoms with E-state index in [4.69, 9.17) is 4.74 Å². The van der Waals surface area contributed by atoms with Gasteiger partial charge in [-0.1, -0.05) is 12.1 Å². The van der Waals surface area contributed by atoms with Crippen LogP contribution in [0.1, 0.15) is 57.4 Å². The van der Waals surface area contributed by atoms with Crippen molar-refractivity contribution >= 4 is 11.9 Å². The number of ether oxygens (including phenoxy) is 1. The Morgan fingerprint density at radius 1 is 1.24 bits per heavy atom. The third-order valence-corrected chi connectivity index (χ3v) is 6.80. The molecule has 0 aromatic heterocycles. The molecule has 2 atom stereocenters. The van der Waals surface area contributed by atoms with Crippen LogP contribution in [0.5, 0.6) is 5.75 Å². The van der Waals surface area contributed by atoms with E-state index in [2.05, 4.69) is 17.4 Å². The fourth-order valence-corrected chi connectivity index (χ4v) is 4.92. The first-order valence-electron chi connectivity index (χ1n) is 10.9. The molecule has 1 aromatic rings. The number of hydrogen-bond donors (Lipinski definition) is 2. The maximum absolute atomic E-state index is 13.1. The second kappa shape index (κ2) is 7.98. The maximum Gasteiger partial charge on any atom is 0.308 e. The lowest BCUT2D eigenvalue weighted by atomic mass is 9.81. The third-order valence-electron chi connectivity index (χ3n) is 6.80. The zero-order chi connectivity index (χ0) is 20.6. The summed E-state index contributed by atoms with van der Waals surface area (Å²) in [5, 5.41) is 13.0. The Kier molecular flexibility index (Phi) is 5.56. The first-order valence-corrected chi connectivity index (χ1v) is 10.9. The van der Waals surface area contributed by atoms with E-state index >= 15 is 0 Å². The van der Waals surface area contributed by atoms with Gasteiger partial charge in [0.25, 0.3) is 0 Å². The highest BCUT2D eigenvalue weighted by molar-refractivity contribution is 5.88. The summed E-state index contributed by atoms with van der Waals surface area (Å²) in [6.45, 7) is 6.16. The summed E-state index contributed by atoms with van der Waals surface area (Å²) in [4.78, 5) is 26.8. The Labute approximate surface area is 172 Å². The number of carboxylic acids is 1. The topological polar surface area (TPSA) is 78.9 Å². The predicted octanol–water partition coefficient (Wildman–Crippen LogP) is 3.02. The largest absolute Gasteiger partial charge is 0.491 e. The average Bonchev–Trinajstić information content (AvgIpc) is 3.46. The van der Waals surface area contributed by atoms with Crippen molar-refractivity contribution in [3.05, 3.63) is 29.8 Å². The molecule has 29 heavy (non-hydrogen) atoms. The molecule has 2 heterocycles. The number of rotatable bonds is 5. The molecular formula is C23H32N2O4. The Balaban J connectivity index is 1.36. The number of amides is 1. The van der Waals surface area contributed by atoms with Crippen LogP contribution in [0.2, 0.25) is 0 Å².